The molecule has 3 aromatic heterocycles. The molecular weight excluding hydrogens is 456 g/mol. The zero-order chi connectivity index (χ0) is 24.5. The average molecular weight is 484 g/mol. The lowest BCUT2D eigenvalue weighted by molar-refractivity contribution is 0.0944. The van der Waals surface area contributed by atoms with Crippen LogP contribution in [0.3, 0.4) is 0 Å². The van der Waals surface area contributed by atoms with Gasteiger partial charge in [0, 0.05) is 45.0 Å². The van der Waals surface area contributed by atoms with E-state index in [0.717, 1.165) is 18.4 Å². The standard InChI is InChI=1S/C24H27F2N7O2/c1-2-16-23(34)31-18-11-14(12-27-22(18)30-16)13-32-7-9-33(10-8-32)19-6-5-17(29-20(19)21(25)26)24(35)28-15-3-4-15/h5-6,11-12,15,21H,2-4,7-10,13H2,1H3,(H,28,35)(H,31,34). The summed E-state index contributed by atoms with van der Waals surface area (Å²) in [5, 5.41) is 2.79. The Morgan fingerprint density at radius 1 is 1.20 bits per heavy atom. The predicted molar refractivity (Wildman–Crippen MR) is 127 cm³/mol. The van der Waals surface area contributed by atoms with E-state index in [0.29, 0.717) is 61.7 Å². The summed E-state index contributed by atoms with van der Waals surface area (Å²) in [5.74, 6) is -0.405. The fourth-order valence-corrected chi connectivity index (χ4v) is 4.30. The highest BCUT2D eigenvalue weighted by atomic mass is 19.3. The molecule has 9 nitrogen and oxygen atoms in total. The molecular formula is C24H27F2N7O2. The van der Waals surface area contributed by atoms with Crippen molar-refractivity contribution in [3.05, 3.63) is 57.4 Å². The Hall–Kier alpha value is -3.47. The van der Waals surface area contributed by atoms with Gasteiger partial charge >= 0.3 is 0 Å². The number of fused-ring (bicyclic) bond motifs is 1. The van der Waals surface area contributed by atoms with E-state index >= 15 is 0 Å². The molecule has 2 N–H and O–H groups in total. The number of nitrogens with zero attached hydrogens (tertiary/aromatic N) is 5. The molecule has 1 saturated carbocycles. The van der Waals surface area contributed by atoms with E-state index in [1.54, 1.807) is 12.3 Å². The monoisotopic (exact) mass is 483 g/mol. The Balaban J connectivity index is 1.25. The number of piperazine rings is 1. The largest absolute Gasteiger partial charge is 0.367 e. The zero-order valence-corrected chi connectivity index (χ0v) is 19.4. The third-order valence-electron chi connectivity index (χ3n) is 6.38. The molecule has 0 unspecified atom stereocenters. The highest BCUT2D eigenvalue weighted by Crippen LogP contribution is 2.30. The minimum Gasteiger partial charge on any atom is -0.367 e. The Labute approximate surface area is 200 Å². The van der Waals surface area contributed by atoms with E-state index in [2.05, 4.69) is 30.2 Å². The third-order valence-corrected chi connectivity index (χ3v) is 6.38. The molecule has 0 atom stereocenters. The van der Waals surface area contributed by atoms with Crippen LogP contribution in [0.25, 0.3) is 11.2 Å². The number of alkyl halides is 2. The number of rotatable bonds is 7. The summed E-state index contributed by atoms with van der Waals surface area (Å²) >= 11 is 0. The summed E-state index contributed by atoms with van der Waals surface area (Å²) in [6.45, 7) is 4.91. The molecule has 5 rings (SSSR count). The molecule has 1 saturated heterocycles. The summed E-state index contributed by atoms with van der Waals surface area (Å²) in [4.78, 5) is 44.0. The number of halogens is 2. The minimum absolute atomic E-state index is 0.0250. The van der Waals surface area contributed by atoms with Crippen LogP contribution in [0.2, 0.25) is 0 Å². The van der Waals surface area contributed by atoms with Crippen LogP contribution < -0.4 is 15.8 Å². The number of hydrogen-bond donors (Lipinski definition) is 2. The molecule has 0 bridgehead atoms. The molecule has 1 aliphatic carbocycles. The van der Waals surface area contributed by atoms with Gasteiger partial charge in [0.1, 0.15) is 17.1 Å². The van der Waals surface area contributed by atoms with Crippen molar-refractivity contribution in [3.63, 3.8) is 0 Å². The second kappa shape index (κ2) is 9.65. The number of amides is 1. The maximum absolute atomic E-state index is 13.8. The minimum atomic E-state index is -2.77. The number of nitrogens with one attached hydrogen (secondary N) is 2. The topological polar surface area (TPSA) is 107 Å². The van der Waals surface area contributed by atoms with Gasteiger partial charge in [0.05, 0.1) is 11.2 Å². The van der Waals surface area contributed by atoms with Gasteiger partial charge in [0.15, 0.2) is 5.65 Å². The smallest absolute Gasteiger partial charge is 0.282 e. The molecule has 2 aliphatic rings. The molecule has 11 heteroatoms. The number of aromatic amines is 1. The number of carbonyl (C=O) groups is 1. The van der Waals surface area contributed by atoms with Crippen LogP contribution in [0.5, 0.6) is 0 Å². The summed E-state index contributed by atoms with van der Waals surface area (Å²) < 4.78 is 27.6. The van der Waals surface area contributed by atoms with E-state index in [-0.39, 0.29) is 23.0 Å². The number of H-pyrrole nitrogens is 1. The molecule has 4 heterocycles. The van der Waals surface area contributed by atoms with E-state index in [9.17, 15) is 18.4 Å². The molecule has 184 valence electrons. The highest BCUT2D eigenvalue weighted by Gasteiger charge is 2.27. The maximum atomic E-state index is 13.8. The number of aromatic nitrogens is 4. The summed E-state index contributed by atoms with van der Waals surface area (Å²) in [6, 6.07) is 5.11. The van der Waals surface area contributed by atoms with Gasteiger partial charge in [0.2, 0.25) is 0 Å². The van der Waals surface area contributed by atoms with Gasteiger partial charge in [-0.05, 0) is 43.0 Å². The van der Waals surface area contributed by atoms with Crippen molar-refractivity contribution in [2.75, 3.05) is 31.1 Å². The van der Waals surface area contributed by atoms with Crippen LogP contribution in [0.15, 0.2) is 29.2 Å². The lowest BCUT2D eigenvalue weighted by atomic mass is 10.2. The van der Waals surface area contributed by atoms with Gasteiger partial charge in [0.25, 0.3) is 17.9 Å². The van der Waals surface area contributed by atoms with Gasteiger partial charge in [-0.15, -0.1) is 0 Å². The molecule has 0 radical (unpaired) electrons. The van der Waals surface area contributed by atoms with Crippen molar-refractivity contribution in [1.82, 2.24) is 30.2 Å². The quantitative estimate of drug-likeness (QED) is 0.532. The van der Waals surface area contributed by atoms with Crippen LogP contribution in [0.1, 0.15) is 53.6 Å². The lowest BCUT2D eigenvalue weighted by Crippen LogP contribution is -2.46. The number of pyridine rings is 2. The van der Waals surface area contributed by atoms with E-state index in [1.165, 1.54) is 6.07 Å². The van der Waals surface area contributed by atoms with E-state index in [1.807, 2.05) is 17.9 Å². The SMILES string of the molecule is CCc1nc2ncc(CN3CCN(c4ccc(C(=O)NC5CC5)nc4C(F)F)CC3)cc2[nH]c1=O. The second-order valence-electron chi connectivity index (χ2n) is 8.99. The normalized spacial score (nSPS) is 16.7. The Morgan fingerprint density at radius 3 is 2.66 bits per heavy atom. The van der Waals surface area contributed by atoms with Gasteiger partial charge in [-0.2, -0.15) is 0 Å². The number of aryl methyl sites for hydroxylation is 1. The van der Waals surface area contributed by atoms with Crippen molar-refractivity contribution >= 4 is 22.8 Å². The van der Waals surface area contributed by atoms with Crippen LogP contribution >= 0.6 is 0 Å². The predicted octanol–water partition coefficient (Wildman–Crippen LogP) is 2.43. The fraction of sp³-hybridized carbons (Fsp3) is 0.458. The van der Waals surface area contributed by atoms with E-state index < -0.39 is 12.3 Å². The number of carbonyl (C=O) groups excluding carboxylic acids is 1. The van der Waals surface area contributed by atoms with Gasteiger partial charge in [-0.1, -0.05) is 6.92 Å². The molecule has 3 aromatic rings. The molecule has 0 aromatic carbocycles. The maximum Gasteiger partial charge on any atom is 0.282 e. The van der Waals surface area contributed by atoms with Crippen LogP contribution in [-0.4, -0.2) is 63.0 Å². The van der Waals surface area contributed by atoms with Crippen LogP contribution in [0, 0.1) is 0 Å². The molecule has 35 heavy (non-hydrogen) atoms. The van der Waals surface area contributed by atoms with Crippen molar-refractivity contribution < 1.29 is 13.6 Å². The first-order valence-corrected chi connectivity index (χ1v) is 11.9. The first kappa shape index (κ1) is 23.3. The number of anilines is 1. The molecule has 0 spiro atoms. The van der Waals surface area contributed by atoms with Gasteiger partial charge in [-0.3, -0.25) is 14.5 Å². The van der Waals surface area contributed by atoms with Gasteiger partial charge < -0.3 is 15.2 Å². The highest BCUT2D eigenvalue weighted by molar-refractivity contribution is 5.93. The molecule has 2 fully saturated rings. The van der Waals surface area contributed by atoms with Crippen molar-refractivity contribution in [2.24, 2.45) is 0 Å². The first-order valence-electron chi connectivity index (χ1n) is 11.9. The molecule has 1 amide bonds. The van der Waals surface area contributed by atoms with Gasteiger partial charge in [-0.25, -0.2) is 23.7 Å². The summed E-state index contributed by atoms with van der Waals surface area (Å²) in [7, 11) is 0. The van der Waals surface area contributed by atoms with Crippen molar-refractivity contribution in [1.29, 1.82) is 0 Å². The van der Waals surface area contributed by atoms with Crippen LogP contribution in [-0.2, 0) is 13.0 Å². The zero-order valence-electron chi connectivity index (χ0n) is 19.4. The Bertz CT molecular complexity index is 1300. The second-order valence-corrected chi connectivity index (χ2v) is 8.99. The van der Waals surface area contributed by atoms with E-state index in [4.69, 9.17) is 0 Å². The Morgan fingerprint density at radius 2 is 1.97 bits per heavy atom. The first-order chi connectivity index (χ1) is 16.9. The third kappa shape index (κ3) is 5.14. The van der Waals surface area contributed by atoms with Crippen molar-refractivity contribution in [2.45, 2.75) is 45.2 Å². The average Bonchev–Trinajstić information content (AvgIpc) is 3.67. The Kier molecular flexibility index (Phi) is 6.42. The fourth-order valence-electron chi connectivity index (χ4n) is 4.30. The molecule has 1 aliphatic heterocycles. The lowest BCUT2D eigenvalue weighted by Gasteiger charge is -2.36. The van der Waals surface area contributed by atoms with Crippen molar-refractivity contribution in [3.8, 4) is 0 Å². The summed E-state index contributed by atoms with van der Waals surface area (Å²) in [5.41, 5.74) is 2.34. The van der Waals surface area contributed by atoms with Crippen LogP contribution in [0.4, 0.5) is 14.5 Å². The summed E-state index contributed by atoms with van der Waals surface area (Å²) in [6.07, 6.45) is 1.35. The number of hydrogen-bond acceptors (Lipinski definition) is 7.